The minimum Gasteiger partial charge on any atom is -0.425 e. The maximum absolute atomic E-state index is 13.4. The summed E-state index contributed by atoms with van der Waals surface area (Å²) in [7, 11) is 0. The number of nitrogens with zero attached hydrogens (tertiary/aromatic N) is 2. The Labute approximate surface area is 283 Å². The molecule has 8 heteroatoms. The molecule has 1 aliphatic heterocycles. The number of thioether (sulfide) groups is 2. The molecule has 0 saturated heterocycles. The van der Waals surface area contributed by atoms with E-state index in [4.69, 9.17) is 9.47 Å². The van der Waals surface area contributed by atoms with Crippen LogP contribution in [0.25, 0.3) is 0 Å². The molecule has 0 radical (unpaired) electrons. The van der Waals surface area contributed by atoms with Gasteiger partial charge in [0.25, 0.3) is 0 Å². The highest BCUT2D eigenvalue weighted by Gasteiger charge is 2.37. The van der Waals surface area contributed by atoms with Gasteiger partial charge in [0.05, 0.1) is 25.9 Å². The summed E-state index contributed by atoms with van der Waals surface area (Å²) in [6, 6.07) is 7.39. The van der Waals surface area contributed by atoms with Crippen molar-refractivity contribution in [3.05, 3.63) is 21.9 Å². The lowest BCUT2D eigenvalue weighted by molar-refractivity contribution is -0.141. The Balaban J connectivity index is 1.10. The maximum atomic E-state index is 13.4. The van der Waals surface area contributed by atoms with Crippen LogP contribution in [0.1, 0.15) is 117 Å². The van der Waals surface area contributed by atoms with E-state index in [1.165, 1.54) is 74.9 Å². The second kappa shape index (κ2) is 15.2. The molecule has 0 atom stereocenters. The van der Waals surface area contributed by atoms with E-state index >= 15 is 0 Å². The van der Waals surface area contributed by atoms with Gasteiger partial charge >= 0.3 is 11.9 Å². The van der Waals surface area contributed by atoms with Gasteiger partial charge < -0.3 is 9.47 Å². The lowest BCUT2D eigenvalue weighted by atomic mass is 9.69. The number of benzene rings is 1. The van der Waals surface area contributed by atoms with Gasteiger partial charge in [0, 0.05) is 0 Å². The maximum Gasteiger partial charge on any atom is 0.314 e. The van der Waals surface area contributed by atoms with Crippen LogP contribution in [-0.2, 0) is 9.59 Å². The van der Waals surface area contributed by atoms with Gasteiger partial charge in [0.2, 0.25) is 0 Å². The van der Waals surface area contributed by atoms with Gasteiger partial charge in [-0.25, -0.2) is 0 Å². The fourth-order valence-corrected chi connectivity index (χ4v) is 11.3. The largest absolute Gasteiger partial charge is 0.425 e. The van der Waals surface area contributed by atoms with Gasteiger partial charge in [-0.2, -0.15) is 10.5 Å². The number of nitriles is 2. The topological polar surface area (TPSA) is 100 Å². The summed E-state index contributed by atoms with van der Waals surface area (Å²) < 4.78 is 12.6. The van der Waals surface area contributed by atoms with Crippen molar-refractivity contribution in [3.8, 4) is 23.6 Å². The zero-order chi connectivity index (χ0) is 32.2. The van der Waals surface area contributed by atoms with Crippen molar-refractivity contribution in [3.63, 3.8) is 0 Å². The molecular formula is C38H48N2O4S2. The third-order valence-electron chi connectivity index (χ3n) is 11.9. The average molecular weight is 661 g/mol. The van der Waals surface area contributed by atoms with Crippen LogP contribution in [0.4, 0.5) is 0 Å². The Hall–Kier alpha value is -2.42. The monoisotopic (exact) mass is 660 g/mol. The fourth-order valence-electron chi connectivity index (χ4n) is 8.86. The smallest absolute Gasteiger partial charge is 0.314 e. The average Bonchev–Trinajstić information content (AvgIpc) is 3.53. The summed E-state index contributed by atoms with van der Waals surface area (Å²) in [5, 5.41) is 19.1. The van der Waals surface area contributed by atoms with E-state index in [0.717, 1.165) is 86.9 Å². The summed E-state index contributed by atoms with van der Waals surface area (Å²) in [4.78, 5) is 28.1. The van der Waals surface area contributed by atoms with Crippen LogP contribution in [0.5, 0.6) is 11.5 Å². The number of esters is 2. The van der Waals surface area contributed by atoms with Crippen molar-refractivity contribution >= 4 is 35.5 Å². The highest BCUT2D eigenvalue weighted by molar-refractivity contribution is 8.24. The van der Waals surface area contributed by atoms with E-state index in [2.05, 4.69) is 13.8 Å². The summed E-state index contributed by atoms with van der Waals surface area (Å²) >= 11 is 2.50. The first-order valence-corrected chi connectivity index (χ1v) is 19.5. The minimum atomic E-state index is -0.212. The van der Waals surface area contributed by atoms with Crippen LogP contribution in [0, 0.1) is 70.0 Å². The Morgan fingerprint density at radius 3 is 1.24 bits per heavy atom. The SMILES string of the molecule is CC1CCC(C2CCC(C(=O)Oc3ccc(OC(=O)C4CCC(C5CCC(C)CC5)CC4)c4c3SC(=C(C#N)C#N)S4)CC2)CC1. The van der Waals surface area contributed by atoms with Gasteiger partial charge in [-0.15, -0.1) is 0 Å². The molecule has 4 aliphatic carbocycles. The van der Waals surface area contributed by atoms with Crippen molar-refractivity contribution in [1.29, 1.82) is 10.5 Å². The molecule has 0 N–H and O–H groups in total. The number of rotatable bonds is 6. The molecule has 0 unspecified atom stereocenters. The normalized spacial score (nSPS) is 32.8. The molecular weight excluding hydrogens is 613 g/mol. The second-order valence-electron chi connectivity index (χ2n) is 14.9. The van der Waals surface area contributed by atoms with Crippen LogP contribution in [0.2, 0.25) is 0 Å². The first kappa shape index (κ1) is 33.5. The van der Waals surface area contributed by atoms with Crippen LogP contribution < -0.4 is 9.47 Å². The number of hydrogen-bond acceptors (Lipinski definition) is 8. The van der Waals surface area contributed by atoms with Gasteiger partial charge in [-0.3, -0.25) is 9.59 Å². The standard InChI is InChI=1S/C38H48N2O4S2/c1-23-3-7-25(8-4-23)27-11-15-29(16-12-27)36(41)43-32-19-20-33(35-34(32)45-38(46-35)31(21-39)22-40)44-37(42)30-17-13-28(14-18-30)26-9-5-24(2)6-10-26/h19-20,23-30H,3-18H2,1-2H3. The first-order chi connectivity index (χ1) is 22.3. The Morgan fingerprint density at radius 1 is 0.587 bits per heavy atom. The van der Waals surface area contributed by atoms with Gasteiger partial charge in [0.15, 0.2) is 0 Å². The summed E-state index contributed by atoms with van der Waals surface area (Å²) in [6.07, 6.45) is 18.4. The van der Waals surface area contributed by atoms with Crippen LogP contribution in [0.15, 0.2) is 31.7 Å². The molecule has 1 heterocycles. The Kier molecular flexibility index (Phi) is 11.1. The van der Waals surface area contributed by atoms with E-state index in [-0.39, 0.29) is 29.3 Å². The number of fused-ring (bicyclic) bond motifs is 1. The number of allylic oxidation sites excluding steroid dienone is 1. The zero-order valence-electron chi connectivity index (χ0n) is 27.4. The third-order valence-corrected chi connectivity index (χ3v) is 14.6. The van der Waals surface area contributed by atoms with E-state index in [0.29, 0.717) is 25.5 Å². The predicted molar refractivity (Wildman–Crippen MR) is 181 cm³/mol. The van der Waals surface area contributed by atoms with Crippen molar-refractivity contribution in [2.24, 2.45) is 47.3 Å². The lowest BCUT2D eigenvalue weighted by Gasteiger charge is -2.36. The fraction of sp³-hybridized carbons (Fsp3) is 0.684. The molecule has 246 valence electrons. The lowest BCUT2D eigenvalue weighted by Crippen LogP contribution is -2.30. The van der Waals surface area contributed by atoms with Crippen molar-refractivity contribution in [2.75, 3.05) is 0 Å². The molecule has 0 spiro atoms. The number of hydrogen-bond donors (Lipinski definition) is 0. The number of carbonyl (C=O) groups is 2. The van der Waals surface area contributed by atoms with Gasteiger partial charge in [0.1, 0.15) is 29.2 Å². The Morgan fingerprint density at radius 2 is 0.913 bits per heavy atom. The van der Waals surface area contributed by atoms with Crippen molar-refractivity contribution < 1.29 is 19.1 Å². The Bertz CT molecular complexity index is 1290. The molecule has 6 nitrogen and oxygen atoms in total. The van der Waals surface area contributed by atoms with E-state index in [1.807, 2.05) is 12.1 Å². The van der Waals surface area contributed by atoms with Gasteiger partial charge in [-0.1, -0.05) is 63.1 Å². The zero-order valence-corrected chi connectivity index (χ0v) is 29.1. The summed E-state index contributed by atoms with van der Waals surface area (Å²) in [6.45, 7) is 4.72. The highest BCUT2D eigenvalue weighted by atomic mass is 32.2. The van der Waals surface area contributed by atoms with Crippen LogP contribution in [-0.4, -0.2) is 11.9 Å². The quantitative estimate of drug-likeness (QED) is 0.169. The highest BCUT2D eigenvalue weighted by Crippen LogP contribution is 2.59. The van der Waals surface area contributed by atoms with Crippen molar-refractivity contribution in [1.82, 2.24) is 0 Å². The molecule has 1 aromatic rings. The number of ether oxygens (including phenoxy) is 2. The van der Waals surface area contributed by atoms with E-state index in [9.17, 15) is 20.1 Å². The van der Waals surface area contributed by atoms with E-state index in [1.54, 1.807) is 12.1 Å². The third kappa shape index (κ3) is 7.65. The molecule has 0 bridgehead atoms. The number of carbonyl (C=O) groups excluding carboxylic acids is 2. The summed E-state index contributed by atoms with van der Waals surface area (Å²) in [5.41, 5.74) is 0.00612. The second-order valence-corrected chi connectivity index (χ2v) is 17.2. The molecule has 5 aliphatic rings. The molecule has 0 amide bonds. The predicted octanol–water partition coefficient (Wildman–Crippen LogP) is 10.2. The van der Waals surface area contributed by atoms with Gasteiger partial charge in [-0.05, 0) is 125 Å². The molecule has 0 aromatic heterocycles. The van der Waals surface area contributed by atoms with E-state index < -0.39 is 0 Å². The molecule has 4 fully saturated rings. The molecule has 4 saturated carbocycles. The molecule has 46 heavy (non-hydrogen) atoms. The van der Waals surface area contributed by atoms with Crippen LogP contribution >= 0.6 is 23.5 Å². The van der Waals surface area contributed by atoms with Crippen molar-refractivity contribution in [2.45, 2.75) is 126 Å². The molecule has 6 rings (SSSR count). The first-order valence-electron chi connectivity index (χ1n) is 17.8. The minimum absolute atomic E-state index is 0.00612. The molecule has 1 aromatic carbocycles. The summed E-state index contributed by atoms with van der Waals surface area (Å²) in [5.74, 6) is 4.88. The van der Waals surface area contributed by atoms with Crippen LogP contribution in [0.3, 0.4) is 0 Å².